The smallest absolute Gasteiger partial charge is 0.303 e. The van der Waals surface area contributed by atoms with Crippen LogP contribution in [0.1, 0.15) is 31.7 Å². The molecule has 4 nitrogen and oxygen atoms in total. The number of carbonyl (C=O) groups excluding carboxylic acids is 1. The Morgan fingerprint density at radius 2 is 1.89 bits per heavy atom. The molecular formula is C14H19NO3. The van der Waals surface area contributed by atoms with Crippen molar-refractivity contribution in [3.05, 3.63) is 35.9 Å². The fourth-order valence-electron chi connectivity index (χ4n) is 1.67. The molecule has 2 N–H and O–H groups in total. The number of benzene rings is 1. The fourth-order valence-corrected chi connectivity index (χ4v) is 1.67. The van der Waals surface area contributed by atoms with Gasteiger partial charge in [0, 0.05) is 12.5 Å². The van der Waals surface area contributed by atoms with E-state index in [-0.39, 0.29) is 24.8 Å². The highest BCUT2D eigenvalue weighted by molar-refractivity contribution is 5.80. The Morgan fingerprint density at radius 3 is 2.50 bits per heavy atom. The highest BCUT2D eigenvalue weighted by Gasteiger charge is 2.09. The van der Waals surface area contributed by atoms with Crippen molar-refractivity contribution in [1.29, 1.82) is 0 Å². The number of carbonyl (C=O) groups is 2. The van der Waals surface area contributed by atoms with Crippen LogP contribution in [0, 0.1) is 0 Å². The molecule has 0 aromatic heterocycles. The number of hydrogen-bond donors (Lipinski definition) is 2. The molecule has 0 aliphatic heterocycles. The number of carboxylic acids is 1. The number of aliphatic carboxylic acids is 1. The maximum atomic E-state index is 11.4. The quantitative estimate of drug-likeness (QED) is 0.776. The molecule has 1 atom stereocenters. The Balaban J connectivity index is 2.23. The SMILES string of the molecule is C[C@H](CCc1ccccc1)NC(=O)CCC(=O)O. The molecule has 4 heteroatoms. The van der Waals surface area contributed by atoms with E-state index in [1.54, 1.807) is 0 Å². The Morgan fingerprint density at radius 1 is 1.22 bits per heavy atom. The summed E-state index contributed by atoms with van der Waals surface area (Å²) in [6, 6.07) is 10.1. The van der Waals surface area contributed by atoms with Gasteiger partial charge in [0.25, 0.3) is 0 Å². The van der Waals surface area contributed by atoms with Crippen LogP contribution < -0.4 is 5.32 Å². The number of rotatable bonds is 7. The van der Waals surface area contributed by atoms with Crippen LogP contribution in [0.4, 0.5) is 0 Å². The third kappa shape index (κ3) is 6.03. The number of aryl methyl sites for hydroxylation is 1. The number of hydrogen-bond acceptors (Lipinski definition) is 2. The van der Waals surface area contributed by atoms with Gasteiger partial charge in [0.05, 0.1) is 6.42 Å². The molecule has 98 valence electrons. The van der Waals surface area contributed by atoms with Crippen LogP contribution in [0.2, 0.25) is 0 Å². The van der Waals surface area contributed by atoms with Crippen molar-refractivity contribution < 1.29 is 14.7 Å². The lowest BCUT2D eigenvalue weighted by molar-refractivity contribution is -0.138. The van der Waals surface area contributed by atoms with E-state index in [2.05, 4.69) is 17.4 Å². The van der Waals surface area contributed by atoms with Gasteiger partial charge >= 0.3 is 5.97 Å². The molecule has 0 fully saturated rings. The zero-order valence-electron chi connectivity index (χ0n) is 10.6. The summed E-state index contributed by atoms with van der Waals surface area (Å²) in [4.78, 5) is 21.7. The second-order valence-corrected chi connectivity index (χ2v) is 4.39. The molecular weight excluding hydrogens is 230 g/mol. The van der Waals surface area contributed by atoms with E-state index in [0.29, 0.717) is 0 Å². The van der Waals surface area contributed by atoms with Crippen LogP contribution in [0.5, 0.6) is 0 Å². The van der Waals surface area contributed by atoms with Crippen molar-refractivity contribution in [2.24, 2.45) is 0 Å². The van der Waals surface area contributed by atoms with E-state index in [0.717, 1.165) is 12.8 Å². The molecule has 0 unspecified atom stereocenters. The second kappa shape index (κ2) is 7.48. The predicted molar refractivity (Wildman–Crippen MR) is 69.2 cm³/mol. The first-order chi connectivity index (χ1) is 8.58. The summed E-state index contributed by atoms with van der Waals surface area (Å²) in [5, 5.41) is 11.3. The topological polar surface area (TPSA) is 66.4 Å². The summed E-state index contributed by atoms with van der Waals surface area (Å²) in [5.41, 5.74) is 1.24. The molecule has 1 rings (SSSR count). The third-order valence-electron chi connectivity index (χ3n) is 2.68. The number of amides is 1. The predicted octanol–water partition coefficient (Wildman–Crippen LogP) is 1.99. The van der Waals surface area contributed by atoms with E-state index in [4.69, 9.17) is 5.11 Å². The van der Waals surface area contributed by atoms with Crippen LogP contribution in [0.15, 0.2) is 30.3 Å². The maximum Gasteiger partial charge on any atom is 0.303 e. The lowest BCUT2D eigenvalue weighted by Gasteiger charge is -2.13. The fraction of sp³-hybridized carbons (Fsp3) is 0.429. The van der Waals surface area contributed by atoms with Gasteiger partial charge < -0.3 is 10.4 Å². The molecule has 0 spiro atoms. The summed E-state index contributed by atoms with van der Waals surface area (Å²) in [7, 11) is 0. The summed E-state index contributed by atoms with van der Waals surface area (Å²) >= 11 is 0. The normalized spacial score (nSPS) is 11.8. The van der Waals surface area contributed by atoms with Gasteiger partial charge in [0.2, 0.25) is 5.91 Å². The zero-order chi connectivity index (χ0) is 13.4. The van der Waals surface area contributed by atoms with Crippen molar-refractivity contribution in [1.82, 2.24) is 5.32 Å². The van der Waals surface area contributed by atoms with E-state index in [9.17, 15) is 9.59 Å². The van der Waals surface area contributed by atoms with Gasteiger partial charge in [-0.3, -0.25) is 9.59 Å². The van der Waals surface area contributed by atoms with Crippen molar-refractivity contribution in [2.75, 3.05) is 0 Å². The molecule has 1 aromatic rings. The van der Waals surface area contributed by atoms with Crippen LogP contribution in [-0.4, -0.2) is 23.0 Å². The average Bonchev–Trinajstić information content (AvgIpc) is 2.35. The largest absolute Gasteiger partial charge is 0.481 e. The molecule has 18 heavy (non-hydrogen) atoms. The summed E-state index contributed by atoms with van der Waals surface area (Å²) in [5.74, 6) is -1.14. The molecule has 1 aromatic carbocycles. The first-order valence-electron chi connectivity index (χ1n) is 6.13. The molecule has 0 saturated heterocycles. The Kier molecular flexibility index (Phi) is 5.91. The Bertz CT molecular complexity index is 389. The Hall–Kier alpha value is -1.84. The van der Waals surface area contributed by atoms with E-state index < -0.39 is 5.97 Å². The molecule has 0 saturated carbocycles. The van der Waals surface area contributed by atoms with E-state index in [1.807, 2.05) is 25.1 Å². The van der Waals surface area contributed by atoms with Gasteiger partial charge in [0.15, 0.2) is 0 Å². The second-order valence-electron chi connectivity index (χ2n) is 4.39. The minimum absolute atomic E-state index is 0.0466. The molecule has 1 amide bonds. The van der Waals surface area contributed by atoms with Gasteiger partial charge in [-0.15, -0.1) is 0 Å². The van der Waals surface area contributed by atoms with Crippen molar-refractivity contribution >= 4 is 11.9 Å². The van der Waals surface area contributed by atoms with Gasteiger partial charge in [0.1, 0.15) is 0 Å². The highest BCUT2D eigenvalue weighted by Crippen LogP contribution is 2.05. The van der Waals surface area contributed by atoms with E-state index in [1.165, 1.54) is 5.56 Å². The van der Waals surface area contributed by atoms with Crippen LogP contribution in [-0.2, 0) is 16.0 Å². The number of carboxylic acid groups (broad SMARTS) is 1. The standard InChI is InChI=1S/C14H19NO3/c1-11(15-13(16)9-10-14(17)18)7-8-12-5-3-2-4-6-12/h2-6,11H,7-10H2,1H3,(H,15,16)(H,17,18)/t11-/m1/s1. The van der Waals surface area contributed by atoms with E-state index >= 15 is 0 Å². The number of nitrogens with one attached hydrogen (secondary N) is 1. The minimum Gasteiger partial charge on any atom is -0.481 e. The first-order valence-corrected chi connectivity index (χ1v) is 6.13. The van der Waals surface area contributed by atoms with Gasteiger partial charge in [-0.25, -0.2) is 0 Å². The molecule has 0 aliphatic rings. The average molecular weight is 249 g/mol. The van der Waals surface area contributed by atoms with Crippen molar-refractivity contribution in [2.45, 2.75) is 38.6 Å². The van der Waals surface area contributed by atoms with Crippen LogP contribution >= 0.6 is 0 Å². The lowest BCUT2D eigenvalue weighted by Crippen LogP contribution is -2.33. The van der Waals surface area contributed by atoms with Crippen LogP contribution in [0.25, 0.3) is 0 Å². The molecule has 0 aliphatic carbocycles. The summed E-state index contributed by atoms with van der Waals surface area (Å²) < 4.78 is 0. The van der Waals surface area contributed by atoms with Crippen LogP contribution in [0.3, 0.4) is 0 Å². The van der Waals surface area contributed by atoms with Gasteiger partial charge in [-0.1, -0.05) is 30.3 Å². The summed E-state index contributed by atoms with van der Waals surface area (Å²) in [6.07, 6.45) is 1.69. The van der Waals surface area contributed by atoms with Gasteiger partial charge in [-0.2, -0.15) is 0 Å². The first kappa shape index (κ1) is 14.2. The van der Waals surface area contributed by atoms with Gasteiger partial charge in [-0.05, 0) is 25.3 Å². The maximum absolute atomic E-state index is 11.4. The monoisotopic (exact) mass is 249 g/mol. The lowest BCUT2D eigenvalue weighted by atomic mass is 10.1. The van der Waals surface area contributed by atoms with Crippen molar-refractivity contribution in [3.63, 3.8) is 0 Å². The van der Waals surface area contributed by atoms with Crippen molar-refractivity contribution in [3.8, 4) is 0 Å². The minimum atomic E-state index is -0.943. The Labute approximate surface area is 107 Å². The molecule has 0 radical (unpaired) electrons. The zero-order valence-corrected chi connectivity index (χ0v) is 10.6. The third-order valence-corrected chi connectivity index (χ3v) is 2.68. The highest BCUT2D eigenvalue weighted by atomic mass is 16.4. The molecule has 0 heterocycles. The summed E-state index contributed by atoms with van der Waals surface area (Å²) in [6.45, 7) is 1.93. The molecule has 0 bridgehead atoms.